The number of hydrogen-bond donors (Lipinski definition) is 6. The number of nitrogens with zero attached hydrogens (tertiary/aromatic N) is 3. The number of nitrogens with one attached hydrogen (secondary N) is 4. The van der Waals surface area contributed by atoms with Gasteiger partial charge in [0.15, 0.2) is 0 Å². The zero-order valence-corrected chi connectivity index (χ0v) is 38.0. The Hall–Kier alpha value is -5.04. The summed E-state index contributed by atoms with van der Waals surface area (Å²) in [6.45, 7) is 5.34. The van der Waals surface area contributed by atoms with Crippen molar-refractivity contribution in [3.05, 3.63) is 47.5 Å². The Morgan fingerprint density at radius 3 is 2.08 bits per heavy atom. The molecule has 0 spiro atoms. The predicted molar refractivity (Wildman–Crippen MR) is 226 cm³/mol. The minimum Gasteiger partial charge on any atom is -0.342 e. The molecular formula is C39H54ClF2N9O11S2. The molecule has 1 aromatic carbocycles. The lowest BCUT2D eigenvalue weighted by atomic mass is 9.84. The van der Waals surface area contributed by atoms with Gasteiger partial charge in [-0.2, -0.15) is 0 Å². The first-order valence-electron chi connectivity index (χ1n) is 20.3. The first kappa shape index (κ1) is 53.3. The fourth-order valence-electron chi connectivity index (χ4n) is 6.80. The number of nitrogens with two attached hydrogens (primary N) is 2. The molecule has 8 N–H and O–H groups in total. The van der Waals surface area contributed by atoms with Gasteiger partial charge in [0.1, 0.15) is 30.4 Å². The largest absolute Gasteiger partial charge is 0.342 e. The van der Waals surface area contributed by atoms with Crippen LogP contribution in [0.5, 0.6) is 0 Å². The number of hydrogen-bond acceptors (Lipinski definition) is 14. The number of Topliss-reactive ketones (excluding diaryl/α,β-unsaturated/α-hetero) is 1. The van der Waals surface area contributed by atoms with E-state index < -0.39 is 126 Å². The molecule has 1 aliphatic carbocycles. The molecule has 6 amide bonds. The predicted octanol–water partition coefficient (Wildman–Crippen LogP) is 1.32. The van der Waals surface area contributed by atoms with E-state index in [9.17, 15) is 59.2 Å². The number of primary sulfonamides is 1. The van der Waals surface area contributed by atoms with E-state index in [-0.39, 0.29) is 41.1 Å². The molecule has 1 aromatic heterocycles. The van der Waals surface area contributed by atoms with Crippen LogP contribution in [0.3, 0.4) is 0 Å². The third kappa shape index (κ3) is 15.6. The fraction of sp³-hybridized carbons (Fsp3) is 0.564. The highest BCUT2D eigenvalue weighted by Crippen LogP contribution is 2.30. The van der Waals surface area contributed by atoms with Gasteiger partial charge in [0.05, 0.1) is 22.0 Å². The maximum atomic E-state index is 14.8. The monoisotopic (exact) mass is 961 g/mol. The lowest BCUT2D eigenvalue weighted by Crippen LogP contribution is -2.60. The molecule has 3 rings (SSSR count). The van der Waals surface area contributed by atoms with Crippen molar-refractivity contribution in [3.8, 4) is 0 Å². The minimum atomic E-state index is -5.40. The van der Waals surface area contributed by atoms with Crippen molar-refractivity contribution in [1.82, 2.24) is 35.5 Å². The quantitative estimate of drug-likeness (QED) is 0.0908. The van der Waals surface area contributed by atoms with Gasteiger partial charge in [-0.05, 0) is 48.8 Å². The maximum Gasteiger partial charge on any atom is 0.295 e. The van der Waals surface area contributed by atoms with Crippen LogP contribution in [0.2, 0.25) is 5.02 Å². The van der Waals surface area contributed by atoms with Gasteiger partial charge in [0.25, 0.3) is 27.7 Å². The molecule has 25 heteroatoms. The number of sulfonamides is 2. The number of carbonyl (C=O) groups is 7. The summed E-state index contributed by atoms with van der Waals surface area (Å²) in [6.07, 6.45) is 3.04. The number of benzene rings is 1. The lowest BCUT2D eigenvalue weighted by molar-refractivity contribution is -0.143. The van der Waals surface area contributed by atoms with Gasteiger partial charge in [-0.15, -0.1) is 0 Å². The van der Waals surface area contributed by atoms with Gasteiger partial charge in [-0.25, -0.2) is 40.0 Å². The van der Waals surface area contributed by atoms with Gasteiger partial charge >= 0.3 is 0 Å². The average molecular weight is 962 g/mol. The van der Waals surface area contributed by atoms with Crippen LogP contribution < -0.4 is 32.1 Å². The fourth-order valence-corrected chi connectivity index (χ4v) is 9.28. The number of alkyl halides is 2. The number of rotatable bonds is 22. The van der Waals surface area contributed by atoms with Crippen molar-refractivity contribution in [2.24, 2.45) is 28.6 Å². The SMILES string of the molecule is CC[C@H](C)[C@H](NC(=O)[C@H](CC(C)C)NC(=O)c1cnccn1)C(=O)N[C@@H](CC1CCCCC1)C(=O)N(CC(=O)NC(=O)C(=O)[C@@H](N)CC(F)F)S(=O)(=O)c1cc(Cl)cc(S(N)(=O)=O)c1. The Morgan fingerprint density at radius 2 is 1.52 bits per heavy atom. The Bertz CT molecular complexity index is 2250. The van der Waals surface area contributed by atoms with E-state index in [4.69, 9.17) is 22.5 Å². The van der Waals surface area contributed by atoms with E-state index >= 15 is 0 Å². The van der Waals surface area contributed by atoms with Gasteiger partial charge in [-0.3, -0.25) is 43.9 Å². The molecule has 5 atom stereocenters. The number of halogens is 3. The first-order chi connectivity index (χ1) is 29.8. The zero-order valence-electron chi connectivity index (χ0n) is 35.6. The highest BCUT2D eigenvalue weighted by molar-refractivity contribution is 7.90. The maximum absolute atomic E-state index is 14.8. The van der Waals surface area contributed by atoms with E-state index in [0.29, 0.717) is 18.9 Å². The molecule has 1 fully saturated rings. The van der Waals surface area contributed by atoms with Crippen molar-refractivity contribution < 1.29 is 59.2 Å². The lowest BCUT2D eigenvalue weighted by Gasteiger charge is -2.33. The number of carbonyl (C=O) groups excluding carboxylic acids is 7. The molecule has 0 bridgehead atoms. The Balaban J connectivity index is 2.10. The van der Waals surface area contributed by atoms with Gasteiger partial charge in [0.2, 0.25) is 40.0 Å². The Kier molecular flexibility index (Phi) is 19.8. The zero-order chi connectivity index (χ0) is 48.1. The Labute approximate surface area is 374 Å². The van der Waals surface area contributed by atoms with Crippen LogP contribution in [0.4, 0.5) is 8.78 Å². The summed E-state index contributed by atoms with van der Waals surface area (Å²) < 4.78 is 79.1. The second kappa shape index (κ2) is 23.8. The molecule has 354 valence electrons. The van der Waals surface area contributed by atoms with Crippen LogP contribution in [-0.4, -0.2) is 109 Å². The van der Waals surface area contributed by atoms with Crippen molar-refractivity contribution in [2.75, 3.05) is 6.54 Å². The smallest absolute Gasteiger partial charge is 0.295 e. The Morgan fingerprint density at radius 1 is 0.875 bits per heavy atom. The topological polar surface area (TPSA) is 317 Å². The van der Waals surface area contributed by atoms with E-state index in [0.717, 1.165) is 31.4 Å². The van der Waals surface area contributed by atoms with Crippen LogP contribution in [0.25, 0.3) is 0 Å². The van der Waals surface area contributed by atoms with Crippen LogP contribution >= 0.6 is 11.6 Å². The second-order valence-corrected chi connectivity index (χ2v) is 19.8. The van der Waals surface area contributed by atoms with Crippen LogP contribution in [0.1, 0.15) is 96.0 Å². The van der Waals surface area contributed by atoms with Crippen molar-refractivity contribution >= 4 is 72.9 Å². The summed E-state index contributed by atoms with van der Waals surface area (Å²) in [4.78, 5) is 100. The van der Waals surface area contributed by atoms with E-state index in [2.05, 4.69) is 25.9 Å². The van der Waals surface area contributed by atoms with E-state index in [1.807, 2.05) is 0 Å². The van der Waals surface area contributed by atoms with E-state index in [1.54, 1.807) is 27.7 Å². The number of ketones is 1. The number of imide groups is 1. The van der Waals surface area contributed by atoms with Gasteiger partial charge in [-0.1, -0.05) is 77.8 Å². The summed E-state index contributed by atoms with van der Waals surface area (Å²) in [5.41, 5.74) is 5.29. The molecule has 0 aliphatic heterocycles. The second-order valence-electron chi connectivity index (χ2n) is 15.9. The molecule has 2 aromatic rings. The average Bonchev–Trinajstić information content (AvgIpc) is 3.22. The van der Waals surface area contributed by atoms with Crippen molar-refractivity contribution in [3.63, 3.8) is 0 Å². The van der Waals surface area contributed by atoms with E-state index in [1.165, 1.54) is 23.9 Å². The van der Waals surface area contributed by atoms with Gasteiger partial charge < -0.3 is 21.7 Å². The normalized spacial score (nSPS) is 15.9. The summed E-state index contributed by atoms with van der Waals surface area (Å²) in [5, 5.41) is 14.1. The van der Waals surface area contributed by atoms with Gasteiger partial charge in [0, 0.05) is 23.8 Å². The molecule has 0 saturated heterocycles. The highest BCUT2D eigenvalue weighted by atomic mass is 35.5. The highest BCUT2D eigenvalue weighted by Gasteiger charge is 2.41. The van der Waals surface area contributed by atoms with Crippen LogP contribution in [-0.2, 0) is 48.8 Å². The standard InChI is InChI=1S/C39H54ClF2N9O11S2/c1-5-22(4)33(50-35(54)28(13-21(2)3)47-36(55)30-19-45-11-12-46-30)37(56)48-29(14-23-9-7-6-8-10-23)39(58)51(20-32(52)49-38(57)34(53)27(43)18-31(41)42)64(61,62)26-16-24(40)15-25(17-26)63(44,59)60/h11-12,15-17,19,21-23,27-29,31,33H,5-10,13-14,18,20,43H2,1-4H3,(H,47,55)(H,48,56)(H,50,54)(H2,44,59,60)(H,49,52,57)/t22-,27-,28-,29-,33-/m0/s1. The molecule has 1 heterocycles. The molecule has 1 aliphatic rings. The van der Waals surface area contributed by atoms with Crippen molar-refractivity contribution in [2.45, 2.75) is 126 Å². The first-order valence-corrected chi connectivity index (χ1v) is 23.7. The van der Waals surface area contributed by atoms with Crippen molar-refractivity contribution in [1.29, 1.82) is 0 Å². The summed E-state index contributed by atoms with van der Waals surface area (Å²) in [7, 11) is -10.0. The molecule has 0 unspecified atom stereocenters. The molecule has 1 saturated carbocycles. The molecule has 20 nitrogen and oxygen atoms in total. The summed E-state index contributed by atoms with van der Waals surface area (Å²) >= 11 is 6.08. The third-order valence-electron chi connectivity index (χ3n) is 10.4. The van der Waals surface area contributed by atoms with Crippen LogP contribution in [0.15, 0.2) is 46.6 Å². The minimum absolute atomic E-state index is 0.0664. The number of aromatic nitrogens is 2. The molecular weight excluding hydrogens is 908 g/mol. The molecule has 64 heavy (non-hydrogen) atoms. The summed E-state index contributed by atoms with van der Waals surface area (Å²) in [6, 6.07) is -4.33. The number of amides is 6. The molecule has 0 radical (unpaired) electrons. The summed E-state index contributed by atoms with van der Waals surface area (Å²) in [5.74, 6) is -10.1. The van der Waals surface area contributed by atoms with Crippen LogP contribution in [0, 0.1) is 17.8 Å². The third-order valence-corrected chi connectivity index (χ3v) is 13.2.